The fourth-order valence-electron chi connectivity index (χ4n) is 5.16. The average Bonchev–Trinajstić information content (AvgIpc) is 3.26. The molecule has 6 nitrogen and oxygen atoms in total. The zero-order valence-electron chi connectivity index (χ0n) is 17.6. The predicted molar refractivity (Wildman–Crippen MR) is 117 cm³/mol. The quantitative estimate of drug-likeness (QED) is 0.786. The van der Waals surface area contributed by atoms with Crippen molar-refractivity contribution in [3.05, 3.63) is 41.1 Å². The topological polar surface area (TPSA) is 56.8 Å². The molecule has 0 spiro atoms. The highest BCUT2D eigenvalue weighted by atomic mass is 16.2. The molecule has 1 aromatic heterocycles. The monoisotopic (exact) mass is 406 g/mol. The highest BCUT2D eigenvalue weighted by Gasteiger charge is 2.29. The van der Waals surface area contributed by atoms with E-state index in [1.165, 1.54) is 6.42 Å². The van der Waals surface area contributed by atoms with Gasteiger partial charge >= 0.3 is 0 Å². The molecule has 1 aromatic carbocycles. The summed E-state index contributed by atoms with van der Waals surface area (Å²) in [4.78, 5) is 37.1. The second kappa shape index (κ2) is 8.34. The summed E-state index contributed by atoms with van der Waals surface area (Å²) < 4.78 is 0. The van der Waals surface area contributed by atoms with E-state index in [0.29, 0.717) is 19.6 Å². The van der Waals surface area contributed by atoms with Crippen LogP contribution in [0.3, 0.4) is 0 Å². The first-order valence-corrected chi connectivity index (χ1v) is 11.4. The zero-order chi connectivity index (χ0) is 20.5. The number of piperidine rings is 1. The Morgan fingerprint density at radius 2 is 1.60 bits per heavy atom. The number of rotatable bonds is 3. The Hall–Kier alpha value is -2.47. The molecule has 2 aromatic rings. The van der Waals surface area contributed by atoms with Crippen LogP contribution in [0.2, 0.25) is 0 Å². The number of aryl methyl sites for hydroxylation is 1. The highest BCUT2D eigenvalue weighted by Crippen LogP contribution is 2.31. The lowest BCUT2D eigenvalue weighted by atomic mass is 9.99. The summed E-state index contributed by atoms with van der Waals surface area (Å²) in [5.74, 6) is 0.376. The van der Waals surface area contributed by atoms with Crippen LogP contribution in [0.15, 0.2) is 24.3 Å². The largest absolute Gasteiger partial charge is 0.342 e. The van der Waals surface area contributed by atoms with E-state index < -0.39 is 0 Å². The van der Waals surface area contributed by atoms with Crippen LogP contribution >= 0.6 is 0 Å². The second-order valence-electron chi connectivity index (χ2n) is 8.79. The van der Waals surface area contributed by atoms with E-state index >= 15 is 0 Å². The van der Waals surface area contributed by atoms with Gasteiger partial charge in [0.05, 0.1) is 17.6 Å². The Morgan fingerprint density at radius 3 is 2.40 bits per heavy atom. The number of fused-ring (bicyclic) bond motifs is 2. The van der Waals surface area contributed by atoms with Crippen molar-refractivity contribution in [1.82, 2.24) is 19.7 Å². The van der Waals surface area contributed by atoms with Crippen molar-refractivity contribution in [3.8, 4) is 0 Å². The first-order chi connectivity index (χ1) is 14.7. The van der Waals surface area contributed by atoms with Crippen LogP contribution in [0.25, 0.3) is 10.9 Å². The van der Waals surface area contributed by atoms with Gasteiger partial charge in [-0.25, -0.2) is 0 Å². The molecule has 0 atom stereocenters. The molecule has 5 rings (SSSR count). The average molecular weight is 407 g/mol. The van der Waals surface area contributed by atoms with Gasteiger partial charge in [-0.2, -0.15) is 0 Å². The van der Waals surface area contributed by atoms with Crippen LogP contribution in [0.1, 0.15) is 47.3 Å². The number of hydrogen-bond acceptors (Lipinski definition) is 4. The van der Waals surface area contributed by atoms with Crippen molar-refractivity contribution in [1.29, 1.82) is 0 Å². The third-order valence-electron chi connectivity index (χ3n) is 6.86. The van der Waals surface area contributed by atoms with E-state index in [4.69, 9.17) is 4.98 Å². The maximum absolute atomic E-state index is 13.6. The Kier molecular flexibility index (Phi) is 5.42. The summed E-state index contributed by atoms with van der Waals surface area (Å²) in [7, 11) is 0. The number of hydrogen-bond donors (Lipinski definition) is 0. The molecule has 2 fully saturated rings. The Labute approximate surface area is 177 Å². The van der Waals surface area contributed by atoms with Gasteiger partial charge < -0.3 is 9.80 Å². The minimum atomic E-state index is 0.133. The number of carbonyl (C=O) groups excluding carboxylic acids is 2. The van der Waals surface area contributed by atoms with Crippen LogP contribution in [0, 0.1) is 0 Å². The van der Waals surface area contributed by atoms with Crippen LogP contribution in [-0.4, -0.2) is 77.3 Å². The van der Waals surface area contributed by atoms with Crippen LogP contribution in [-0.2, 0) is 17.6 Å². The molecule has 0 bridgehead atoms. The summed E-state index contributed by atoms with van der Waals surface area (Å²) in [6.45, 7) is 5.16. The van der Waals surface area contributed by atoms with Gasteiger partial charge in [0.2, 0.25) is 5.91 Å². The number of amides is 2. The molecule has 1 aliphatic carbocycles. The third-order valence-corrected chi connectivity index (χ3v) is 6.86. The van der Waals surface area contributed by atoms with Crippen molar-refractivity contribution in [2.45, 2.75) is 38.5 Å². The Morgan fingerprint density at radius 1 is 0.833 bits per heavy atom. The lowest BCUT2D eigenvalue weighted by Gasteiger charge is -2.36. The van der Waals surface area contributed by atoms with Gasteiger partial charge in [0, 0.05) is 50.3 Å². The SMILES string of the molecule is O=C(CN1CCN(C(=O)c2c3c(nc4ccccc24)CCC3)CC1)N1CCCCC1. The summed E-state index contributed by atoms with van der Waals surface area (Å²) in [6.07, 6.45) is 6.46. The number of benzene rings is 1. The summed E-state index contributed by atoms with van der Waals surface area (Å²) in [5, 5.41) is 0.978. The normalized spacial score (nSPS) is 19.9. The van der Waals surface area contributed by atoms with Crippen molar-refractivity contribution < 1.29 is 9.59 Å². The fourth-order valence-corrected chi connectivity index (χ4v) is 5.16. The first-order valence-electron chi connectivity index (χ1n) is 11.4. The van der Waals surface area contributed by atoms with Crippen LogP contribution in [0.5, 0.6) is 0 Å². The second-order valence-corrected chi connectivity index (χ2v) is 8.79. The molecule has 3 heterocycles. The minimum absolute atomic E-state index is 0.133. The van der Waals surface area contributed by atoms with E-state index in [9.17, 15) is 9.59 Å². The molecule has 2 aliphatic heterocycles. The van der Waals surface area contributed by atoms with Crippen molar-refractivity contribution in [2.24, 2.45) is 0 Å². The molecule has 2 saturated heterocycles. The van der Waals surface area contributed by atoms with Crippen LogP contribution < -0.4 is 0 Å². The number of carbonyl (C=O) groups is 2. The standard InChI is InChI=1S/C24H30N4O2/c29-22(27-11-4-1-5-12-27)17-26-13-15-28(16-14-26)24(30)23-18-7-2-3-9-20(18)25-21-10-6-8-19(21)23/h2-3,7,9H,1,4-6,8,10-17H2. The number of nitrogens with zero attached hydrogens (tertiary/aromatic N) is 4. The van der Waals surface area contributed by atoms with Gasteiger partial charge in [-0.05, 0) is 50.2 Å². The van der Waals surface area contributed by atoms with Gasteiger partial charge in [0.25, 0.3) is 5.91 Å². The number of aromatic nitrogens is 1. The molecule has 0 radical (unpaired) electrons. The molecular weight excluding hydrogens is 376 g/mol. The van der Waals surface area contributed by atoms with Gasteiger partial charge in [-0.1, -0.05) is 18.2 Å². The number of likely N-dealkylation sites (tertiary alicyclic amines) is 1. The molecule has 3 aliphatic rings. The number of pyridine rings is 1. The molecule has 2 amide bonds. The van der Waals surface area contributed by atoms with E-state index in [1.54, 1.807) is 0 Å². The number of piperazine rings is 1. The van der Waals surface area contributed by atoms with Crippen LogP contribution in [0.4, 0.5) is 0 Å². The summed E-state index contributed by atoms with van der Waals surface area (Å²) >= 11 is 0. The van der Waals surface area contributed by atoms with Gasteiger partial charge in [0.15, 0.2) is 0 Å². The zero-order valence-corrected chi connectivity index (χ0v) is 17.6. The lowest BCUT2D eigenvalue weighted by molar-refractivity contribution is -0.133. The van der Waals surface area contributed by atoms with Gasteiger partial charge in [0.1, 0.15) is 0 Å². The Balaban J connectivity index is 1.28. The predicted octanol–water partition coefficient (Wildman–Crippen LogP) is 2.49. The Bertz CT molecular complexity index is 959. The molecular formula is C24H30N4O2. The fraction of sp³-hybridized carbons (Fsp3) is 0.542. The summed E-state index contributed by atoms with van der Waals surface area (Å²) in [5.41, 5.74) is 4.04. The molecule has 6 heteroatoms. The third kappa shape index (κ3) is 3.69. The maximum Gasteiger partial charge on any atom is 0.254 e. The van der Waals surface area contributed by atoms with E-state index in [2.05, 4.69) is 4.90 Å². The molecule has 158 valence electrons. The van der Waals surface area contributed by atoms with E-state index in [-0.39, 0.29) is 11.8 Å². The smallest absolute Gasteiger partial charge is 0.254 e. The first kappa shape index (κ1) is 19.5. The lowest BCUT2D eigenvalue weighted by Crippen LogP contribution is -2.52. The van der Waals surface area contributed by atoms with Gasteiger partial charge in [-0.15, -0.1) is 0 Å². The maximum atomic E-state index is 13.6. The highest BCUT2D eigenvalue weighted by molar-refractivity contribution is 6.07. The molecule has 30 heavy (non-hydrogen) atoms. The molecule has 0 N–H and O–H groups in total. The molecule has 0 saturated carbocycles. The van der Waals surface area contributed by atoms with Crippen molar-refractivity contribution in [3.63, 3.8) is 0 Å². The van der Waals surface area contributed by atoms with E-state index in [1.807, 2.05) is 34.1 Å². The molecule has 0 unspecified atom stereocenters. The summed E-state index contributed by atoms with van der Waals surface area (Å²) in [6, 6.07) is 8.02. The van der Waals surface area contributed by atoms with Crippen molar-refractivity contribution in [2.75, 3.05) is 45.8 Å². The number of para-hydroxylation sites is 1. The van der Waals surface area contributed by atoms with Gasteiger partial charge in [-0.3, -0.25) is 19.5 Å². The van der Waals surface area contributed by atoms with E-state index in [0.717, 1.165) is 86.0 Å². The van der Waals surface area contributed by atoms with Crippen molar-refractivity contribution >= 4 is 22.7 Å². The minimum Gasteiger partial charge on any atom is -0.342 e.